The first-order valence-corrected chi connectivity index (χ1v) is 6.73. The highest BCUT2D eigenvalue weighted by Gasteiger charge is 2.17. The zero-order valence-corrected chi connectivity index (χ0v) is 11.9. The molecule has 0 unspecified atom stereocenters. The monoisotopic (exact) mass is 260 g/mol. The van der Waals surface area contributed by atoms with Crippen LogP contribution in [0.3, 0.4) is 0 Å². The van der Waals surface area contributed by atoms with Crippen LogP contribution in [-0.4, -0.2) is 9.55 Å². The van der Waals surface area contributed by atoms with Crippen molar-refractivity contribution in [1.82, 2.24) is 9.55 Å². The van der Waals surface area contributed by atoms with E-state index < -0.39 is 0 Å². The molecule has 2 aromatic rings. The van der Waals surface area contributed by atoms with Gasteiger partial charge in [-0.25, -0.2) is 4.98 Å². The van der Waals surface area contributed by atoms with E-state index in [1.54, 1.807) is 15.9 Å². The van der Waals surface area contributed by atoms with Crippen molar-refractivity contribution in [3.8, 4) is 12.3 Å². The van der Waals surface area contributed by atoms with Gasteiger partial charge in [0.05, 0.1) is 11.9 Å². The summed E-state index contributed by atoms with van der Waals surface area (Å²) in [6.07, 6.45) is 5.35. The molecule has 0 radical (unpaired) electrons. The molecule has 94 valence electrons. The summed E-state index contributed by atoms with van der Waals surface area (Å²) >= 11 is 1.58. The Balaban J connectivity index is 2.91. The predicted molar refractivity (Wildman–Crippen MR) is 76.3 cm³/mol. The number of aromatic nitrogens is 2. The van der Waals surface area contributed by atoms with Crippen molar-refractivity contribution in [3.05, 3.63) is 26.6 Å². The van der Waals surface area contributed by atoms with Crippen molar-refractivity contribution in [2.75, 3.05) is 0 Å². The number of nitrogens with zero attached hydrogens (tertiary/aromatic N) is 2. The third-order valence-electron chi connectivity index (χ3n) is 3.08. The smallest absolute Gasteiger partial charge is 0.263 e. The zero-order valence-electron chi connectivity index (χ0n) is 11.1. The Morgan fingerprint density at radius 1 is 1.44 bits per heavy atom. The highest BCUT2D eigenvalue weighted by molar-refractivity contribution is 7.18. The van der Waals surface area contributed by atoms with Crippen LogP contribution in [0, 0.1) is 26.2 Å². The lowest BCUT2D eigenvalue weighted by Gasteiger charge is -2.12. The molecule has 18 heavy (non-hydrogen) atoms. The van der Waals surface area contributed by atoms with E-state index in [9.17, 15) is 4.79 Å². The van der Waals surface area contributed by atoms with Gasteiger partial charge in [-0.3, -0.25) is 9.36 Å². The molecule has 0 N–H and O–H groups in total. The molecule has 2 rings (SSSR count). The van der Waals surface area contributed by atoms with Gasteiger partial charge < -0.3 is 0 Å². The van der Waals surface area contributed by atoms with Crippen LogP contribution in [0.25, 0.3) is 10.2 Å². The minimum Gasteiger partial charge on any atom is -0.284 e. The van der Waals surface area contributed by atoms with Gasteiger partial charge in [0.15, 0.2) is 0 Å². The maximum absolute atomic E-state index is 12.5. The number of hydrogen-bond donors (Lipinski definition) is 0. The summed E-state index contributed by atoms with van der Waals surface area (Å²) in [6.45, 7) is 8.31. The Morgan fingerprint density at radius 2 is 2.11 bits per heavy atom. The zero-order chi connectivity index (χ0) is 13.4. The summed E-state index contributed by atoms with van der Waals surface area (Å²) in [6, 6.07) is 0. The van der Waals surface area contributed by atoms with E-state index in [-0.39, 0.29) is 18.0 Å². The van der Waals surface area contributed by atoms with Crippen molar-refractivity contribution in [1.29, 1.82) is 0 Å². The van der Waals surface area contributed by atoms with Crippen LogP contribution >= 0.6 is 11.3 Å². The molecule has 0 aliphatic rings. The van der Waals surface area contributed by atoms with Crippen LogP contribution in [0.4, 0.5) is 0 Å². The van der Waals surface area contributed by atoms with E-state index in [1.165, 1.54) is 0 Å². The van der Waals surface area contributed by atoms with Gasteiger partial charge in [0, 0.05) is 10.8 Å². The van der Waals surface area contributed by atoms with Crippen LogP contribution in [0.15, 0.2) is 4.79 Å². The maximum atomic E-state index is 12.5. The molecule has 4 heteroatoms. The lowest BCUT2D eigenvalue weighted by atomic mass is 10.1. The average molecular weight is 260 g/mol. The van der Waals surface area contributed by atoms with Crippen LogP contribution in [-0.2, 0) is 6.54 Å². The molecule has 2 aromatic heterocycles. The Morgan fingerprint density at radius 3 is 2.67 bits per heavy atom. The average Bonchev–Trinajstić information content (AvgIpc) is 2.58. The number of terminal acetylenes is 1. The predicted octanol–water partition coefficient (Wildman–Crippen LogP) is 2.83. The van der Waals surface area contributed by atoms with Crippen LogP contribution < -0.4 is 5.56 Å². The molecule has 0 spiro atoms. The molecular weight excluding hydrogens is 244 g/mol. The molecule has 0 aromatic carbocycles. The quantitative estimate of drug-likeness (QED) is 0.778. The standard InChI is InChI=1S/C14H16N2OS/c1-6-7-16-12(8(2)3)15-13-11(14(16)17)9(4)10(5)18-13/h1,8H,7H2,2-5H3. The van der Waals surface area contributed by atoms with Gasteiger partial charge in [0.1, 0.15) is 10.7 Å². The van der Waals surface area contributed by atoms with Crippen LogP contribution in [0.5, 0.6) is 0 Å². The van der Waals surface area contributed by atoms with E-state index >= 15 is 0 Å². The summed E-state index contributed by atoms with van der Waals surface area (Å²) in [5, 5.41) is 0.720. The van der Waals surface area contributed by atoms with Gasteiger partial charge >= 0.3 is 0 Å². The fourth-order valence-corrected chi connectivity index (χ4v) is 3.05. The third kappa shape index (κ3) is 1.85. The van der Waals surface area contributed by atoms with Crippen molar-refractivity contribution in [2.45, 2.75) is 40.2 Å². The van der Waals surface area contributed by atoms with Crippen molar-refractivity contribution >= 4 is 21.6 Å². The summed E-state index contributed by atoms with van der Waals surface area (Å²) in [5.74, 6) is 3.49. The van der Waals surface area contributed by atoms with Gasteiger partial charge in [0.2, 0.25) is 0 Å². The van der Waals surface area contributed by atoms with Gasteiger partial charge in [0.25, 0.3) is 5.56 Å². The van der Waals surface area contributed by atoms with Gasteiger partial charge in [-0.1, -0.05) is 19.8 Å². The molecular formula is C14H16N2OS. The largest absolute Gasteiger partial charge is 0.284 e. The first-order valence-electron chi connectivity index (χ1n) is 5.91. The SMILES string of the molecule is C#CCn1c(C(C)C)nc2sc(C)c(C)c2c1=O. The van der Waals surface area contributed by atoms with E-state index in [4.69, 9.17) is 6.42 Å². The second-order valence-corrected chi connectivity index (χ2v) is 5.89. The number of thiophene rings is 1. The van der Waals surface area contributed by atoms with Crippen LogP contribution in [0.2, 0.25) is 0 Å². The summed E-state index contributed by atoms with van der Waals surface area (Å²) in [7, 11) is 0. The molecule has 0 aliphatic heterocycles. The Bertz CT molecular complexity index is 701. The van der Waals surface area contributed by atoms with E-state index in [1.807, 2.05) is 27.7 Å². The fourth-order valence-electron chi connectivity index (χ4n) is 2.03. The Hall–Kier alpha value is -1.60. The first kappa shape index (κ1) is 12.8. The number of fused-ring (bicyclic) bond motifs is 1. The summed E-state index contributed by atoms with van der Waals surface area (Å²) in [5.41, 5.74) is 1.01. The summed E-state index contributed by atoms with van der Waals surface area (Å²) < 4.78 is 1.62. The molecule has 3 nitrogen and oxygen atoms in total. The molecule has 0 fully saturated rings. The normalized spacial score (nSPS) is 11.1. The van der Waals surface area contributed by atoms with Crippen LogP contribution in [0.1, 0.15) is 36.0 Å². The second kappa shape index (κ2) is 4.58. The molecule has 0 saturated heterocycles. The number of aryl methyl sites for hydroxylation is 2. The number of rotatable bonds is 2. The minimum absolute atomic E-state index is 0.0106. The van der Waals surface area contributed by atoms with E-state index in [0.29, 0.717) is 0 Å². The molecule has 0 atom stereocenters. The van der Waals surface area contributed by atoms with Gasteiger partial charge in [-0.05, 0) is 19.4 Å². The topological polar surface area (TPSA) is 34.9 Å². The maximum Gasteiger partial charge on any atom is 0.263 e. The molecule has 0 bridgehead atoms. The Labute approximate surface area is 110 Å². The Kier molecular flexibility index (Phi) is 3.27. The third-order valence-corrected chi connectivity index (χ3v) is 4.19. The van der Waals surface area contributed by atoms with E-state index in [0.717, 1.165) is 26.5 Å². The lowest BCUT2D eigenvalue weighted by molar-refractivity contribution is 0.651. The molecule has 0 amide bonds. The highest BCUT2D eigenvalue weighted by atomic mass is 32.1. The number of hydrogen-bond acceptors (Lipinski definition) is 3. The lowest BCUT2D eigenvalue weighted by Crippen LogP contribution is -2.25. The fraction of sp³-hybridized carbons (Fsp3) is 0.429. The van der Waals surface area contributed by atoms with Crippen molar-refractivity contribution in [2.24, 2.45) is 0 Å². The van der Waals surface area contributed by atoms with E-state index in [2.05, 4.69) is 10.9 Å². The molecule has 0 saturated carbocycles. The highest BCUT2D eigenvalue weighted by Crippen LogP contribution is 2.27. The minimum atomic E-state index is -0.0106. The van der Waals surface area contributed by atoms with Crippen molar-refractivity contribution in [3.63, 3.8) is 0 Å². The molecule has 2 heterocycles. The van der Waals surface area contributed by atoms with Crippen molar-refractivity contribution < 1.29 is 0 Å². The summed E-state index contributed by atoms with van der Waals surface area (Å²) in [4.78, 5) is 19.1. The second-order valence-electron chi connectivity index (χ2n) is 4.68. The first-order chi connectivity index (χ1) is 8.47. The molecule has 0 aliphatic carbocycles. The van der Waals surface area contributed by atoms with Gasteiger partial charge in [-0.15, -0.1) is 17.8 Å². The van der Waals surface area contributed by atoms with Gasteiger partial charge in [-0.2, -0.15) is 0 Å².